The van der Waals surface area contributed by atoms with Gasteiger partial charge in [-0.25, -0.2) is 15.0 Å². The molecular formula is C11H15N5O5. The van der Waals surface area contributed by atoms with Crippen LogP contribution >= 0.6 is 0 Å². The lowest BCUT2D eigenvalue weighted by Crippen LogP contribution is -2.37. The van der Waals surface area contributed by atoms with Crippen molar-refractivity contribution >= 4 is 17.0 Å². The molecular weight excluding hydrogens is 282 g/mol. The lowest BCUT2D eigenvalue weighted by Gasteiger charge is -2.22. The van der Waals surface area contributed by atoms with Crippen molar-refractivity contribution in [2.45, 2.75) is 30.6 Å². The van der Waals surface area contributed by atoms with Gasteiger partial charge < -0.3 is 30.9 Å². The van der Waals surface area contributed by atoms with Gasteiger partial charge in [-0.1, -0.05) is 0 Å². The van der Waals surface area contributed by atoms with Crippen molar-refractivity contribution in [3.05, 3.63) is 12.7 Å². The number of ether oxygens (including phenoxy) is 1. The van der Waals surface area contributed by atoms with Gasteiger partial charge in [0.2, 0.25) is 0 Å². The van der Waals surface area contributed by atoms with E-state index in [9.17, 15) is 15.3 Å². The lowest BCUT2D eigenvalue weighted by molar-refractivity contribution is -0.101. The molecule has 1 aliphatic heterocycles. The van der Waals surface area contributed by atoms with E-state index in [-0.39, 0.29) is 11.5 Å². The van der Waals surface area contributed by atoms with Crippen LogP contribution < -0.4 is 5.73 Å². The van der Waals surface area contributed by atoms with Gasteiger partial charge >= 0.3 is 0 Å². The molecule has 0 aliphatic carbocycles. The standard InChI is InChI=1S/C11H15N5O5/c12-9-5-10(14-2-13-9)16(3-15-5)11(20)8-7(19)6(18)4(1-17)21-8/h2-4,6-8,11,17-20H,1H2,(H2,12,13,14)/t4-,6-,7-,8+,11?/m1/s1. The first kappa shape index (κ1) is 14.1. The summed E-state index contributed by atoms with van der Waals surface area (Å²) in [6, 6.07) is 0. The topological polar surface area (TPSA) is 160 Å². The smallest absolute Gasteiger partial charge is 0.167 e. The summed E-state index contributed by atoms with van der Waals surface area (Å²) in [5.74, 6) is 0.159. The van der Waals surface area contributed by atoms with Gasteiger partial charge in [-0.15, -0.1) is 0 Å². The fourth-order valence-electron chi connectivity index (χ4n) is 2.40. The molecule has 0 radical (unpaired) electrons. The highest BCUT2D eigenvalue weighted by Gasteiger charge is 2.46. The summed E-state index contributed by atoms with van der Waals surface area (Å²) < 4.78 is 6.53. The fourth-order valence-corrected chi connectivity index (χ4v) is 2.40. The van der Waals surface area contributed by atoms with E-state index in [2.05, 4.69) is 15.0 Å². The number of nitrogens with two attached hydrogens (primary N) is 1. The van der Waals surface area contributed by atoms with E-state index in [4.69, 9.17) is 15.6 Å². The van der Waals surface area contributed by atoms with E-state index >= 15 is 0 Å². The molecule has 1 unspecified atom stereocenters. The van der Waals surface area contributed by atoms with E-state index in [1.165, 1.54) is 17.2 Å². The fraction of sp³-hybridized carbons (Fsp3) is 0.545. The Morgan fingerprint density at radius 1 is 1.29 bits per heavy atom. The zero-order valence-electron chi connectivity index (χ0n) is 10.8. The SMILES string of the molecule is Nc1ncnc2c1ncn2C(O)[C@H]1O[C@H](CO)[C@@H](O)[C@H]1O. The molecule has 2 aromatic rings. The van der Waals surface area contributed by atoms with Crippen molar-refractivity contribution in [1.82, 2.24) is 19.5 Å². The van der Waals surface area contributed by atoms with E-state index < -0.39 is 37.3 Å². The molecule has 10 heteroatoms. The molecule has 0 bridgehead atoms. The Balaban J connectivity index is 1.94. The number of hydrogen-bond donors (Lipinski definition) is 5. The number of hydrogen-bond acceptors (Lipinski definition) is 9. The maximum Gasteiger partial charge on any atom is 0.167 e. The Bertz CT molecular complexity index is 649. The summed E-state index contributed by atoms with van der Waals surface area (Å²) in [5, 5.41) is 39.0. The summed E-state index contributed by atoms with van der Waals surface area (Å²) in [6.45, 7) is -0.471. The Hall–Kier alpha value is -1.85. The Labute approximate surface area is 118 Å². The number of nitrogen functional groups attached to an aromatic ring is 1. The van der Waals surface area contributed by atoms with Crippen molar-refractivity contribution in [3.8, 4) is 0 Å². The first-order valence-corrected chi connectivity index (χ1v) is 6.28. The predicted octanol–water partition coefficient (Wildman–Crippen LogP) is -2.62. The molecule has 1 fully saturated rings. The summed E-state index contributed by atoms with van der Waals surface area (Å²) in [7, 11) is 0. The van der Waals surface area contributed by atoms with Crippen LogP contribution in [0.25, 0.3) is 11.2 Å². The minimum atomic E-state index is -1.36. The number of aliphatic hydroxyl groups excluding tert-OH is 4. The van der Waals surface area contributed by atoms with Crippen molar-refractivity contribution in [3.63, 3.8) is 0 Å². The number of rotatable bonds is 3. The van der Waals surface area contributed by atoms with Crippen LogP contribution in [0.1, 0.15) is 6.23 Å². The highest BCUT2D eigenvalue weighted by Crippen LogP contribution is 2.29. The van der Waals surface area contributed by atoms with Gasteiger partial charge in [0.1, 0.15) is 36.3 Å². The van der Waals surface area contributed by atoms with Crippen LogP contribution in [0.5, 0.6) is 0 Å². The maximum absolute atomic E-state index is 10.3. The molecule has 10 nitrogen and oxygen atoms in total. The molecule has 0 saturated carbocycles. The number of fused-ring (bicyclic) bond motifs is 1. The van der Waals surface area contributed by atoms with Crippen LogP contribution in [0, 0.1) is 0 Å². The van der Waals surface area contributed by atoms with Gasteiger partial charge in [0.25, 0.3) is 0 Å². The van der Waals surface area contributed by atoms with E-state index in [1.54, 1.807) is 0 Å². The summed E-state index contributed by atoms with van der Waals surface area (Å²) >= 11 is 0. The number of nitrogens with zero attached hydrogens (tertiary/aromatic N) is 4. The van der Waals surface area contributed by atoms with Crippen LogP contribution in [-0.2, 0) is 4.74 Å². The van der Waals surface area contributed by atoms with Crippen LogP contribution in [0.3, 0.4) is 0 Å². The monoisotopic (exact) mass is 297 g/mol. The molecule has 6 N–H and O–H groups in total. The summed E-state index contributed by atoms with van der Waals surface area (Å²) in [4.78, 5) is 11.8. The van der Waals surface area contributed by atoms with Crippen LogP contribution in [0.4, 0.5) is 5.82 Å². The number of imidazole rings is 1. The largest absolute Gasteiger partial charge is 0.394 e. The van der Waals surface area contributed by atoms with Crippen LogP contribution in [0.2, 0.25) is 0 Å². The third kappa shape index (κ3) is 2.13. The van der Waals surface area contributed by atoms with Crippen molar-refractivity contribution < 1.29 is 25.2 Å². The Kier molecular flexibility index (Phi) is 3.47. The first-order chi connectivity index (χ1) is 10.0. The molecule has 5 atom stereocenters. The molecule has 3 heterocycles. The van der Waals surface area contributed by atoms with E-state index in [0.717, 1.165) is 0 Å². The second-order valence-corrected chi connectivity index (χ2v) is 4.80. The third-order valence-corrected chi connectivity index (χ3v) is 3.55. The second kappa shape index (κ2) is 5.16. The molecule has 0 spiro atoms. The highest BCUT2D eigenvalue weighted by molar-refractivity contribution is 5.81. The van der Waals surface area contributed by atoms with E-state index in [1.807, 2.05) is 0 Å². The number of anilines is 1. The normalized spacial score (nSPS) is 30.9. The van der Waals surface area contributed by atoms with Gasteiger partial charge in [0.05, 0.1) is 12.9 Å². The highest BCUT2D eigenvalue weighted by atomic mass is 16.6. The number of aliphatic hydroxyl groups is 4. The summed E-state index contributed by atoms with van der Waals surface area (Å²) in [6.07, 6.45) is -3.59. The molecule has 2 aromatic heterocycles. The predicted molar refractivity (Wildman–Crippen MR) is 68.8 cm³/mol. The molecule has 1 saturated heterocycles. The maximum atomic E-state index is 10.3. The molecule has 3 rings (SSSR count). The Morgan fingerprint density at radius 2 is 2.05 bits per heavy atom. The van der Waals surface area contributed by atoms with Crippen molar-refractivity contribution in [1.29, 1.82) is 0 Å². The van der Waals surface area contributed by atoms with Gasteiger partial charge in [-0.3, -0.25) is 4.57 Å². The number of aromatic nitrogens is 4. The zero-order chi connectivity index (χ0) is 15.1. The zero-order valence-corrected chi connectivity index (χ0v) is 10.8. The molecule has 114 valence electrons. The van der Waals surface area contributed by atoms with Gasteiger partial charge in [0.15, 0.2) is 17.7 Å². The average molecular weight is 297 g/mol. The quantitative estimate of drug-likeness (QED) is 0.408. The summed E-state index contributed by atoms with van der Waals surface area (Å²) in [5.41, 5.74) is 6.23. The van der Waals surface area contributed by atoms with E-state index in [0.29, 0.717) is 5.52 Å². The molecule has 0 aromatic carbocycles. The first-order valence-electron chi connectivity index (χ1n) is 6.28. The minimum Gasteiger partial charge on any atom is -0.394 e. The second-order valence-electron chi connectivity index (χ2n) is 4.80. The third-order valence-electron chi connectivity index (χ3n) is 3.55. The minimum absolute atomic E-state index is 0.159. The molecule has 1 aliphatic rings. The molecule has 0 amide bonds. The van der Waals surface area contributed by atoms with Gasteiger partial charge in [0, 0.05) is 0 Å². The van der Waals surface area contributed by atoms with Crippen LogP contribution in [0.15, 0.2) is 12.7 Å². The Morgan fingerprint density at radius 3 is 2.71 bits per heavy atom. The van der Waals surface area contributed by atoms with Crippen molar-refractivity contribution in [2.75, 3.05) is 12.3 Å². The van der Waals surface area contributed by atoms with Crippen molar-refractivity contribution in [2.24, 2.45) is 0 Å². The lowest BCUT2D eigenvalue weighted by atomic mass is 10.1. The van der Waals surface area contributed by atoms with Gasteiger partial charge in [-0.2, -0.15) is 0 Å². The van der Waals surface area contributed by atoms with Crippen LogP contribution in [-0.4, -0.2) is 71.0 Å². The average Bonchev–Trinajstić information content (AvgIpc) is 3.03. The molecule has 21 heavy (non-hydrogen) atoms. The van der Waals surface area contributed by atoms with Gasteiger partial charge in [-0.05, 0) is 0 Å².